The first-order valence-electron chi connectivity index (χ1n) is 6.95. The molecule has 2 rings (SSSR count). The van der Waals surface area contributed by atoms with E-state index in [0.29, 0.717) is 11.3 Å². The number of sulfonamides is 1. The molecule has 0 radical (unpaired) electrons. The van der Waals surface area contributed by atoms with E-state index in [1.54, 1.807) is 38.4 Å². The molecule has 1 amide bonds. The van der Waals surface area contributed by atoms with E-state index < -0.39 is 10.0 Å². The molecule has 0 heterocycles. The number of hydrazine groups is 1. The van der Waals surface area contributed by atoms with Crippen molar-refractivity contribution in [3.05, 3.63) is 60.2 Å². The number of carbonyl (C=O) groups excluding carboxylic acids is 1. The second-order valence-electron chi connectivity index (χ2n) is 5.17. The van der Waals surface area contributed by atoms with Crippen LogP contribution in [0.5, 0.6) is 0 Å². The number of anilines is 1. The molecule has 0 saturated heterocycles. The Kier molecular flexibility index (Phi) is 5.02. The van der Waals surface area contributed by atoms with Crippen LogP contribution >= 0.6 is 0 Å². The fourth-order valence-corrected chi connectivity index (χ4v) is 3.18. The van der Waals surface area contributed by atoms with Crippen molar-refractivity contribution in [1.29, 1.82) is 0 Å². The van der Waals surface area contributed by atoms with Crippen molar-refractivity contribution in [2.24, 2.45) is 0 Å². The summed E-state index contributed by atoms with van der Waals surface area (Å²) >= 11 is 0. The summed E-state index contributed by atoms with van der Waals surface area (Å²) < 4.78 is 26.4. The van der Waals surface area contributed by atoms with E-state index >= 15 is 0 Å². The summed E-state index contributed by atoms with van der Waals surface area (Å²) in [6.07, 6.45) is 0. The van der Waals surface area contributed by atoms with Crippen molar-refractivity contribution >= 4 is 21.6 Å². The SMILES string of the molecule is CN(C)NC(=O)c1ccc(S(=O)(=O)N(C)c2ccccc2)cc1. The van der Waals surface area contributed by atoms with Crippen LogP contribution in [0.2, 0.25) is 0 Å². The number of amides is 1. The van der Waals surface area contributed by atoms with Gasteiger partial charge in [0.1, 0.15) is 0 Å². The molecule has 0 spiro atoms. The van der Waals surface area contributed by atoms with Crippen LogP contribution in [0.3, 0.4) is 0 Å². The molecule has 1 N–H and O–H groups in total. The highest BCUT2D eigenvalue weighted by molar-refractivity contribution is 7.92. The number of rotatable bonds is 5. The minimum atomic E-state index is -3.67. The van der Waals surface area contributed by atoms with Crippen molar-refractivity contribution in [2.75, 3.05) is 25.4 Å². The van der Waals surface area contributed by atoms with E-state index in [4.69, 9.17) is 0 Å². The zero-order valence-corrected chi connectivity index (χ0v) is 14.0. The normalized spacial score (nSPS) is 11.3. The van der Waals surface area contributed by atoms with Gasteiger partial charge in [0, 0.05) is 26.7 Å². The molecule has 2 aromatic rings. The number of nitrogens with one attached hydrogen (secondary N) is 1. The van der Waals surface area contributed by atoms with Crippen LogP contribution in [0.25, 0.3) is 0 Å². The van der Waals surface area contributed by atoms with Gasteiger partial charge in [-0.15, -0.1) is 0 Å². The molecule has 7 heteroatoms. The van der Waals surface area contributed by atoms with Gasteiger partial charge in [-0.2, -0.15) is 0 Å². The van der Waals surface area contributed by atoms with E-state index in [-0.39, 0.29) is 10.8 Å². The van der Waals surface area contributed by atoms with Crippen LogP contribution in [0.1, 0.15) is 10.4 Å². The van der Waals surface area contributed by atoms with Crippen molar-refractivity contribution in [2.45, 2.75) is 4.90 Å². The van der Waals surface area contributed by atoms with Gasteiger partial charge in [0.25, 0.3) is 15.9 Å². The van der Waals surface area contributed by atoms with Gasteiger partial charge < -0.3 is 0 Å². The molecule has 0 unspecified atom stereocenters. The van der Waals surface area contributed by atoms with Crippen molar-refractivity contribution in [3.8, 4) is 0 Å². The van der Waals surface area contributed by atoms with Crippen LogP contribution in [-0.4, -0.2) is 40.5 Å². The third kappa shape index (κ3) is 3.88. The lowest BCUT2D eigenvalue weighted by molar-refractivity contribution is 0.0857. The van der Waals surface area contributed by atoms with Gasteiger partial charge >= 0.3 is 0 Å². The molecule has 23 heavy (non-hydrogen) atoms. The molecule has 0 atom stereocenters. The monoisotopic (exact) mass is 333 g/mol. The largest absolute Gasteiger partial charge is 0.285 e. The number of benzene rings is 2. The highest BCUT2D eigenvalue weighted by Crippen LogP contribution is 2.21. The fourth-order valence-electron chi connectivity index (χ4n) is 1.98. The van der Waals surface area contributed by atoms with Crippen molar-refractivity contribution < 1.29 is 13.2 Å². The number of hydrogen-bond donors (Lipinski definition) is 1. The first-order chi connectivity index (χ1) is 10.8. The van der Waals surface area contributed by atoms with Crippen LogP contribution < -0.4 is 9.73 Å². The average molecular weight is 333 g/mol. The lowest BCUT2D eigenvalue weighted by Gasteiger charge is -2.19. The second-order valence-corrected chi connectivity index (χ2v) is 7.14. The third-order valence-electron chi connectivity index (χ3n) is 3.22. The topological polar surface area (TPSA) is 69.7 Å². The van der Waals surface area contributed by atoms with Crippen LogP contribution in [0, 0.1) is 0 Å². The molecular formula is C16H19N3O3S. The minimum Gasteiger partial charge on any atom is -0.285 e. The van der Waals surface area contributed by atoms with E-state index in [1.165, 1.54) is 40.6 Å². The minimum absolute atomic E-state index is 0.130. The molecule has 2 aromatic carbocycles. The van der Waals surface area contributed by atoms with Gasteiger partial charge in [-0.25, -0.2) is 13.4 Å². The summed E-state index contributed by atoms with van der Waals surface area (Å²) in [7, 11) is 1.23. The summed E-state index contributed by atoms with van der Waals surface area (Å²) in [6, 6.07) is 14.6. The maximum atomic E-state index is 12.6. The highest BCUT2D eigenvalue weighted by Gasteiger charge is 2.21. The quantitative estimate of drug-likeness (QED) is 0.846. The molecule has 122 valence electrons. The summed E-state index contributed by atoms with van der Waals surface area (Å²) in [5.74, 6) is -0.296. The lowest BCUT2D eigenvalue weighted by Crippen LogP contribution is -2.36. The Morgan fingerprint density at radius 1 is 0.913 bits per heavy atom. The maximum absolute atomic E-state index is 12.6. The number of carbonyl (C=O) groups is 1. The Morgan fingerprint density at radius 3 is 2.00 bits per heavy atom. The Hall–Kier alpha value is -2.38. The van der Waals surface area contributed by atoms with Crippen molar-refractivity contribution in [3.63, 3.8) is 0 Å². The van der Waals surface area contributed by atoms with E-state index in [2.05, 4.69) is 5.43 Å². The molecule has 6 nitrogen and oxygen atoms in total. The van der Waals surface area contributed by atoms with Gasteiger partial charge in [-0.1, -0.05) is 18.2 Å². The number of hydrogen-bond acceptors (Lipinski definition) is 4. The summed E-state index contributed by atoms with van der Waals surface area (Å²) in [5, 5.41) is 1.52. The molecule has 0 aliphatic carbocycles. The molecule has 0 aromatic heterocycles. The summed E-state index contributed by atoms with van der Waals surface area (Å²) in [6.45, 7) is 0. The summed E-state index contributed by atoms with van der Waals surface area (Å²) in [5.41, 5.74) is 3.56. The van der Waals surface area contributed by atoms with Gasteiger partial charge in [-0.3, -0.25) is 14.5 Å². The number of para-hydroxylation sites is 1. The summed E-state index contributed by atoms with van der Waals surface area (Å²) in [4.78, 5) is 12.0. The van der Waals surface area contributed by atoms with Crippen LogP contribution in [0.4, 0.5) is 5.69 Å². The molecule has 0 bridgehead atoms. The lowest BCUT2D eigenvalue weighted by atomic mass is 10.2. The Labute approximate surface area is 136 Å². The smallest absolute Gasteiger partial charge is 0.265 e. The molecule has 0 saturated carbocycles. The first-order valence-corrected chi connectivity index (χ1v) is 8.39. The first kappa shape index (κ1) is 17.0. The highest BCUT2D eigenvalue weighted by atomic mass is 32.2. The zero-order chi connectivity index (χ0) is 17.0. The fraction of sp³-hybridized carbons (Fsp3) is 0.188. The second kappa shape index (κ2) is 6.80. The number of nitrogens with zero attached hydrogens (tertiary/aromatic N) is 2. The van der Waals surface area contributed by atoms with Crippen molar-refractivity contribution in [1.82, 2.24) is 10.4 Å². The van der Waals surface area contributed by atoms with Gasteiger partial charge in [-0.05, 0) is 36.4 Å². The Morgan fingerprint density at radius 2 is 1.48 bits per heavy atom. The third-order valence-corrected chi connectivity index (χ3v) is 5.02. The average Bonchev–Trinajstić information content (AvgIpc) is 2.54. The van der Waals surface area contributed by atoms with E-state index in [1.807, 2.05) is 6.07 Å². The van der Waals surface area contributed by atoms with Crippen LogP contribution in [0.15, 0.2) is 59.5 Å². The molecule has 0 aliphatic heterocycles. The van der Waals surface area contributed by atoms with Gasteiger partial charge in [0.05, 0.1) is 10.6 Å². The van der Waals surface area contributed by atoms with E-state index in [0.717, 1.165) is 0 Å². The van der Waals surface area contributed by atoms with E-state index in [9.17, 15) is 13.2 Å². The molecule has 0 aliphatic rings. The predicted molar refractivity (Wildman–Crippen MR) is 89.6 cm³/mol. The van der Waals surface area contributed by atoms with Gasteiger partial charge in [0.2, 0.25) is 0 Å². The maximum Gasteiger partial charge on any atom is 0.265 e. The molecular weight excluding hydrogens is 314 g/mol. The van der Waals surface area contributed by atoms with Crippen LogP contribution in [-0.2, 0) is 10.0 Å². The Bertz CT molecular complexity index is 772. The van der Waals surface area contributed by atoms with Gasteiger partial charge in [0.15, 0.2) is 0 Å². The standard InChI is InChI=1S/C16H19N3O3S/c1-18(2)17-16(20)13-9-11-15(12-10-13)23(21,22)19(3)14-7-5-4-6-8-14/h4-12H,1-3H3,(H,17,20). The molecule has 0 fully saturated rings. The predicted octanol–water partition coefficient (Wildman–Crippen LogP) is 1.72. The Balaban J connectivity index is 2.26. The zero-order valence-electron chi connectivity index (χ0n) is 13.2.